The molecule has 1 aliphatic carbocycles. The lowest BCUT2D eigenvalue weighted by molar-refractivity contribution is 0.0650. The molecule has 1 saturated heterocycles. The third-order valence-corrected chi connectivity index (χ3v) is 5.58. The van der Waals surface area contributed by atoms with Crippen LogP contribution in [0, 0.1) is 11.8 Å². The molecule has 0 bridgehead atoms. The van der Waals surface area contributed by atoms with Gasteiger partial charge in [0.1, 0.15) is 0 Å². The van der Waals surface area contributed by atoms with Crippen LogP contribution in [0.5, 0.6) is 11.5 Å². The second kappa shape index (κ2) is 7.43. The lowest BCUT2D eigenvalue weighted by Gasteiger charge is -2.44. The number of likely N-dealkylation sites (tertiary alicyclic amines) is 1. The van der Waals surface area contributed by atoms with Gasteiger partial charge in [0.2, 0.25) is 0 Å². The van der Waals surface area contributed by atoms with Crippen molar-refractivity contribution in [1.82, 2.24) is 10.2 Å². The number of carbonyl (C=O) groups excluding carboxylic acids is 1. The molecule has 132 valence electrons. The highest BCUT2D eigenvalue weighted by Crippen LogP contribution is 2.36. The highest BCUT2D eigenvalue weighted by atomic mass is 16.5. The number of amides is 1. The summed E-state index contributed by atoms with van der Waals surface area (Å²) in [5, 5.41) is 3.28. The van der Waals surface area contributed by atoms with Gasteiger partial charge in [-0.25, -0.2) is 0 Å². The predicted molar refractivity (Wildman–Crippen MR) is 93.7 cm³/mol. The molecule has 1 heterocycles. The molecular weight excluding hydrogens is 304 g/mol. The van der Waals surface area contributed by atoms with Gasteiger partial charge in [-0.1, -0.05) is 6.42 Å². The van der Waals surface area contributed by atoms with Crippen LogP contribution in [0.2, 0.25) is 0 Å². The molecule has 0 aromatic heterocycles. The Labute approximate surface area is 144 Å². The topological polar surface area (TPSA) is 50.8 Å². The Morgan fingerprint density at radius 3 is 2.71 bits per heavy atom. The van der Waals surface area contributed by atoms with Crippen molar-refractivity contribution in [1.29, 1.82) is 0 Å². The van der Waals surface area contributed by atoms with Gasteiger partial charge in [-0.15, -0.1) is 0 Å². The lowest BCUT2D eigenvalue weighted by Crippen LogP contribution is -2.52. The highest BCUT2D eigenvalue weighted by molar-refractivity contribution is 5.95. The van der Waals surface area contributed by atoms with Crippen molar-refractivity contribution < 1.29 is 14.3 Å². The number of nitrogens with zero attached hydrogens (tertiary/aromatic N) is 1. The largest absolute Gasteiger partial charge is 0.493 e. The van der Waals surface area contributed by atoms with Crippen LogP contribution in [0.3, 0.4) is 0 Å². The van der Waals surface area contributed by atoms with E-state index in [1.54, 1.807) is 32.4 Å². The van der Waals surface area contributed by atoms with Crippen LogP contribution >= 0.6 is 0 Å². The molecule has 24 heavy (non-hydrogen) atoms. The zero-order valence-corrected chi connectivity index (χ0v) is 14.9. The van der Waals surface area contributed by atoms with E-state index in [-0.39, 0.29) is 11.9 Å². The highest BCUT2D eigenvalue weighted by Gasteiger charge is 2.37. The van der Waals surface area contributed by atoms with Gasteiger partial charge in [0, 0.05) is 18.2 Å². The molecule has 0 radical (unpaired) electrons. The summed E-state index contributed by atoms with van der Waals surface area (Å²) in [6.07, 6.45) is 4.85. The third kappa shape index (κ3) is 3.51. The molecule has 1 aromatic rings. The van der Waals surface area contributed by atoms with E-state index >= 15 is 0 Å². The van der Waals surface area contributed by atoms with Crippen molar-refractivity contribution in [3.63, 3.8) is 0 Å². The fourth-order valence-corrected chi connectivity index (χ4v) is 4.24. The molecular formula is C19H28N2O3. The molecule has 3 atom stereocenters. The average Bonchev–Trinajstić information content (AvgIpc) is 2.61. The van der Waals surface area contributed by atoms with E-state index < -0.39 is 0 Å². The van der Waals surface area contributed by atoms with Crippen LogP contribution in [0.4, 0.5) is 0 Å². The number of hydrogen-bond donors (Lipinski definition) is 1. The molecule has 5 heteroatoms. The van der Waals surface area contributed by atoms with E-state index in [1.807, 2.05) is 0 Å². The maximum atomic E-state index is 12.7. The maximum Gasteiger partial charge on any atom is 0.251 e. The molecule has 2 aliphatic rings. The fraction of sp³-hybridized carbons (Fsp3) is 0.632. The summed E-state index contributed by atoms with van der Waals surface area (Å²) in [5.41, 5.74) is 0.624. The SMILES string of the molecule is COc1ccc(C(=O)NC2CCC[C@@H]3CCN(C)C[C@H]23)cc1OC. The number of piperidine rings is 1. The average molecular weight is 332 g/mol. The summed E-state index contributed by atoms with van der Waals surface area (Å²) >= 11 is 0. The summed E-state index contributed by atoms with van der Waals surface area (Å²) in [5.74, 6) is 2.53. The molecule has 1 N–H and O–H groups in total. The Bertz CT molecular complexity index is 590. The van der Waals surface area contributed by atoms with E-state index in [2.05, 4.69) is 17.3 Å². The van der Waals surface area contributed by atoms with Crippen molar-refractivity contribution >= 4 is 5.91 Å². The van der Waals surface area contributed by atoms with Crippen LogP contribution in [-0.2, 0) is 0 Å². The number of methoxy groups -OCH3 is 2. The molecule has 1 saturated carbocycles. The Morgan fingerprint density at radius 2 is 1.96 bits per heavy atom. The van der Waals surface area contributed by atoms with Gasteiger partial charge >= 0.3 is 0 Å². The van der Waals surface area contributed by atoms with Gasteiger partial charge in [-0.05, 0) is 62.9 Å². The molecule has 1 amide bonds. The second-order valence-corrected chi connectivity index (χ2v) is 7.06. The summed E-state index contributed by atoms with van der Waals surface area (Å²) in [4.78, 5) is 15.1. The number of rotatable bonds is 4. The zero-order valence-electron chi connectivity index (χ0n) is 14.9. The molecule has 5 nitrogen and oxygen atoms in total. The number of fused-ring (bicyclic) bond motifs is 1. The van der Waals surface area contributed by atoms with Gasteiger partial charge in [0.25, 0.3) is 5.91 Å². The van der Waals surface area contributed by atoms with Crippen LogP contribution in [0.15, 0.2) is 18.2 Å². The monoisotopic (exact) mass is 332 g/mol. The lowest BCUT2D eigenvalue weighted by atomic mass is 9.72. The van der Waals surface area contributed by atoms with Crippen molar-refractivity contribution in [2.75, 3.05) is 34.4 Å². The number of hydrogen-bond acceptors (Lipinski definition) is 4. The standard InChI is InChI=1S/C19H28N2O3/c1-21-10-9-13-5-4-6-16(15(13)12-21)20-19(22)14-7-8-17(23-2)18(11-14)24-3/h7-8,11,13,15-16H,4-6,9-10,12H2,1-3H3,(H,20,22)/t13-,15+,16?/m1/s1. The van der Waals surface area contributed by atoms with Crippen molar-refractivity contribution in [3.05, 3.63) is 23.8 Å². The number of nitrogens with one attached hydrogen (secondary N) is 1. The molecule has 0 spiro atoms. The van der Waals surface area contributed by atoms with Crippen molar-refractivity contribution in [3.8, 4) is 11.5 Å². The van der Waals surface area contributed by atoms with Gasteiger partial charge < -0.3 is 19.7 Å². The third-order valence-electron chi connectivity index (χ3n) is 5.58. The minimum Gasteiger partial charge on any atom is -0.493 e. The van der Waals surface area contributed by atoms with Gasteiger partial charge in [0.05, 0.1) is 14.2 Å². The Hall–Kier alpha value is -1.75. The molecule has 2 fully saturated rings. The molecule has 3 rings (SSSR count). The molecule has 1 aromatic carbocycles. The molecule has 1 unspecified atom stereocenters. The second-order valence-electron chi connectivity index (χ2n) is 7.06. The van der Waals surface area contributed by atoms with E-state index in [4.69, 9.17) is 9.47 Å². The van der Waals surface area contributed by atoms with Gasteiger partial charge in [-0.3, -0.25) is 4.79 Å². The van der Waals surface area contributed by atoms with Gasteiger partial charge in [0.15, 0.2) is 11.5 Å². The van der Waals surface area contributed by atoms with E-state index in [0.717, 1.165) is 18.9 Å². The molecule has 1 aliphatic heterocycles. The summed E-state index contributed by atoms with van der Waals surface area (Å²) in [6.45, 7) is 2.26. The van der Waals surface area contributed by atoms with Crippen LogP contribution in [0.1, 0.15) is 36.0 Å². The summed E-state index contributed by atoms with van der Waals surface area (Å²) in [7, 11) is 5.36. The first kappa shape index (κ1) is 17.1. The number of benzene rings is 1. The minimum absolute atomic E-state index is 0.0187. The first-order valence-corrected chi connectivity index (χ1v) is 8.83. The maximum absolute atomic E-state index is 12.7. The van der Waals surface area contributed by atoms with Gasteiger partial charge in [-0.2, -0.15) is 0 Å². The Kier molecular flexibility index (Phi) is 5.29. The fourth-order valence-electron chi connectivity index (χ4n) is 4.24. The summed E-state index contributed by atoms with van der Waals surface area (Å²) in [6, 6.07) is 5.60. The quantitative estimate of drug-likeness (QED) is 0.921. The van der Waals surface area contributed by atoms with E-state index in [1.165, 1.54) is 25.8 Å². The first-order chi connectivity index (χ1) is 11.6. The normalized spacial score (nSPS) is 27.2. The van der Waals surface area contributed by atoms with E-state index in [9.17, 15) is 4.79 Å². The zero-order chi connectivity index (χ0) is 17.1. The van der Waals surface area contributed by atoms with Crippen LogP contribution in [0.25, 0.3) is 0 Å². The summed E-state index contributed by atoms with van der Waals surface area (Å²) < 4.78 is 10.5. The Morgan fingerprint density at radius 1 is 1.17 bits per heavy atom. The smallest absolute Gasteiger partial charge is 0.251 e. The van der Waals surface area contributed by atoms with Crippen LogP contribution < -0.4 is 14.8 Å². The van der Waals surface area contributed by atoms with Crippen molar-refractivity contribution in [2.45, 2.75) is 31.7 Å². The van der Waals surface area contributed by atoms with Crippen LogP contribution in [-0.4, -0.2) is 51.2 Å². The number of carbonyl (C=O) groups is 1. The van der Waals surface area contributed by atoms with E-state index in [0.29, 0.717) is 23.0 Å². The first-order valence-electron chi connectivity index (χ1n) is 8.83. The minimum atomic E-state index is -0.0187. The predicted octanol–water partition coefficient (Wildman–Crippen LogP) is 2.55. The number of ether oxygens (including phenoxy) is 2. The van der Waals surface area contributed by atoms with Crippen molar-refractivity contribution in [2.24, 2.45) is 11.8 Å². The Balaban J connectivity index is 1.71.